The van der Waals surface area contributed by atoms with E-state index in [1.165, 1.54) is 23.3 Å². The predicted molar refractivity (Wildman–Crippen MR) is 78.9 cm³/mol. The summed E-state index contributed by atoms with van der Waals surface area (Å²) in [5.41, 5.74) is 1.54. The van der Waals surface area contributed by atoms with Crippen LogP contribution in [-0.2, 0) is 6.54 Å². The second kappa shape index (κ2) is 5.25. The predicted octanol–water partition coefficient (Wildman–Crippen LogP) is 3.62. The average Bonchev–Trinajstić information content (AvgIpc) is 2.86. The third-order valence-electron chi connectivity index (χ3n) is 4.12. The van der Waals surface area contributed by atoms with Crippen LogP contribution in [0, 0.1) is 18.3 Å². The molecular formula is C15H23NO2S. The van der Waals surface area contributed by atoms with Gasteiger partial charge in [0.05, 0.1) is 0 Å². The zero-order chi connectivity index (χ0) is 14.2. The normalized spacial score (nSPS) is 20.9. The van der Waals surface area contributed by atoms with Gasteiger partial charge in [0.25, 0.3) is 0 Å². The van der Waals surface area contributed by atoms with E-state index >= 15 is 0 Å². The summed E-state index contributed by atoms with van der Waals surface area (Å²) in [4.78, 5) is 15.0. The first-order valence-electron chi connectivity index (χ1n) is 6.82. The Morgan fingerprint density at radius 2 is 2.21 bits per heavy atom. The molecule has 19 heavy (non-hydrogen) atoms. The largest absolute Gasteiger partial charge is 0.477 e. The zero-order valence-corrected chi connectivity index (χ0v) is 13.0. The highest BCUT2D eigenvalue weighted by Crippen LogP contribution is 2.34. The molecule has 3 nitrogen and oxygen atoms in total. The number of thiophene rings is 1. The SMILES string of the molecule is Cc1sc(C(=O)O)cc1CN1CCC(C(C)(C)C)C1. The van der Waals surface area contributed by atoms with Crippen LogP contribution < -0.4 is 0 Å². The third-order valence-corrected chi connectivity index (χ3v) is 5.20. The number of aryl methyl sites for hydroxylation is 1. The van der Waals surface area contributed by atoms with Crippen molar-refractivity contribution in [1.82, 2.24) is 4.90 Å². The summed E-state index contributed by atoms with van der Waals surface area (Å²) in [6.45, 7) is 12.1. The lowest BCUT2D eigenvalue weighted by atomic mass is 9.80. The fourth-order valence-electron chi connectivity index (χ4n) is 2.71. The molecule has 1 aromatic heterocycles. The second-order valence-corrected chi connectivity index (χ2v) is 7.84. The Morgan fingerprint density at radius 1 is 1.53 bits per heavy atom. The maximum atomic E-state index is 11.0. The maximum Gasteiger partial charge on any atom is 0.345 e. The number of nitrogens with zero attached hydrogens (tertiary/aromatic N) is 1. The van der Waals surface area contributed by atoms with Gasteiger partial charge >= 0.3 is 5.97 Å². The lowest BCUT2D eigenvalue weighted by molar-refractivity contribution is 0.0702. The van der Waals surface area contributed by atoms with Crippen molar-refractivity contribution in [3.05, 3.63) is 21.4 Å². The van der Waals surface area contributed by atoms with Crippen LogP contribution >= 0.6 is 11.3 Å². The van der Waals surface area contributed by atoms with Crippen molar-refractivity contribution in [2.45, 2.75) is 40.7 Å². The molecule has 2 heterocycles. The Labute approximate surface area is 119 Å². The van der Waals surface area contributed by atoms with E-state index in [0.29, 0.717) is 10.3 Å². The van der Waals surface area contributed by atoms with Crippen LogP contribution in [0.4, 0.5) is 0 Å². The molecular weight excluding hydrogens is 258 g/mol. The monoisotopic (exact) mass is 281 g/mol. The minimum absolute atomic E-state index is 0.366. The quantitative estimate of drug-likeness (QED) is 0.920. The summed E-state index contributed by atoms with van der Waals surface area (Å²) in [6.07, 6.45) is 1.25. The van der Waals surface area contributed by atoms with Crippen LogP contribution in [0.1, 0.15) is 47.3 Å². The van der Waals surface area contributed by atoms with Gasteiger partial charge in [-0.25, -0.2) is 4.79 Å². The van der Waals surface area contributed by atoms with Crippen molar-refractivity contribution in [1.29, 1.82) is 0 Å². The molecule has 0 radical (unpaired) electrons. The molecule has 0 spiro atoms. The van der Waals surface area contributed by atoms with Gasteiger partial charge in [0.15, 0.2) is 0 Å². The first-order chi connectivity index (χ1) is 8.77. The van der Waals surface area contributed by atoms with Crippen LogP contribution in [0.3, 0.4) is 0 Å². The number of aromatic carboxylic acids is 1. The molecule has 1 aliphatic heterocycles. The first kappa shape index (κ1) is 14.5. The summed E-state index contributed by atoms with van der Waals surface area (Å²) in [6, 6.07) is 1.84. The van der Waals surface area contributed by atoms with Crippen molar-refractivity contribution in [2.75, 3.05) is 13.1 Å². The molecule has 0 saturated carbocycles. The second-order valence-electron chi connectivity index (χ2n) is 6.58. The van der Waals surface area contributed by atoms with E-state index in [4.69, 9.17) is 5.11 Å². The minimum Gasteiger partial charge on any atom is -0.477 e. The lowest BCUT2D eigenvalue weighted by Crippen LogP contribution is -2.25. The van der Waals surface area contributed by atoms with Crippen LogP contribution in [0.2, 0.25) is 0 Å². The molecule has 2 rings (SSSR count). The van der Waals surface area contributed by atoms with Crippen LogP contribution in [0.15, 0.2) is 6.07 Å². The van der Waals surface area contributed by atoms with Gasteiger partial charge in [-0.2, -0.15) is 0 Å². The van der Waals surface area contributed by atoms with Gasteiger partial charge in [0.1, 0.15) is 4.88 Å². The average molecular weight is 281 g/mol. The smallest absolute Gasteiger partial charge is 0.345 e. The van der Waals surface area contributed by atoms with Crippen molar-refractivity contribution in [2.24, 2.45) is 11.3 Å². The molecule has 1 aromatic rings. The summed E-state index contributed by atoms with van der Waals surface area (Å²) in [5.74, 6) is -0.0706. The van der Waals surface area contributed by atoms with Crippen molar-refractivity contribution in [3.63, 3.8) is 0 Å². The number of carboxylic acids is 1. The van der Waals surface area contributed by atoms with Crippen molar-refractivity contribution < 1.29 is 9.90 Å². The molecule has 0 bridgehead atoms. The molecule has 1 saturated heterocycles. The Kier molecular flexibility index (Phi) is 4.02. The van der Waals surface area contributed by atoms with E-state index in [1.807, 2.05) is 13.0 Å². The lowest BCUT2D eigenvalue weighted by Gasteiger charge is -2.27. The van der Waals surface area contributed by atoms with Gasteiger partial charge in [0.2, 0.25) is 0 Å². The highest BCUT2D eigenvalue weighted by molar-refractivity contribution is 7.14. The molecule has 0 aliphatic carbocycles. The van der Waals surface area contributed by atoms with Gasteiger partial charge in [-0.15, -0.1) is 11.3 Å². The third kappa shape index (κ3) is 3.37. The molecule has 1 fully saturated rings. The number of carboxylic acid groups (broad SMARTS) is 1. The van der Waals surface area contributed by atoms with Crippen molar-refractivity contribution in [3.8, 4) is 0 Å². The highest BCUT2D eigenvalue weighted by Gasteiger charge is 2.31. The van der Waals surface area contributed by atoms with Gasteiger partial charge in [-0.05, 0) is 42.9 Å². The first-order valence-corrected chi connectivity index (χ1v) is 7.64. The number of rotatable bonds is 3. The number of hydrogen-bond donors (Lipinski definition) is 1. The fourth-order valence-corrected chi connectivity index (χ4v) is 3.58. The maximum absolute atomic E-state index is 11.0. The summed E-state index contributed by atoms with van der Waals surface area (Å²) in [5, 5.41) is 9.03. The molecule has 1 unspecified atom stereocenters. The number of hydrogen-bond acceptors (Lipinski definition) is 3. The van der Waals surface area contributed by atoms with E-state index in [9.17, 15) is 4.79 Å². The van der Waals surface area contributed by atoms with E-state index < -0.39 is 5.97 Å². The van der Waals surface area contributed by atoms with Crippen LogP contribution in [0.25, 0.3) is 0 Å². The molecule has 1 N–H and O–H groups in total. The topological polar surface area (TPSA) is 40.5 Å². The van der Waals surface area contributed by atoms with Gasteiger partial charge in [0, 0.05) is 18.0 Å². The molecule has 106 valence electrons. The summed E-state index contributed by atoms with van der Waals surface area (Å²) < 4.78 is 0. The van der Waals surface area contributed by atoms with E-state index in [0.717, 1.165) is 30.4 Å². The van der Waals surface area contributed by atoms with Gasteiger partial charge in [-0.3, -0.25) is 4.90 Å². The number of likely N-dealkylation sites (tertiary alicyclic amines) is 1. The van der Waals surface area contributed by atoms with Gasteiger partial charge < -0.3 is 5.11 Å². The molecule has 1 aliphatic rings. The standard InChI is InChI=1S/C15H23NO2S/c1-10-11(7-13(19-10)14(17)18)8-16-6-5-12(9-16)15(2,3)4/h7,12H,5-6,8-9H2,1-4H3,(H,17,18). The van der Waals surface area contributed by atoms with Gasteiger partial charge in [-0.1, -0.05) is 20.8 Å². The molecule has 4 heteroatoms. The Bertz CT molecular complexity index is 473. The van der Waals surface area contributed by atoms with Crippen molar-refractivity contribution >= 4 is 17.3 Å². The van der Waals surface area contributed by atoms with Crippen LogP contribution in [0.5, 0.6) is 0 Å². The summed E-state index contributed by atoms with van der Waals surface area (Å²) in [7, 11) is 0. The van der Waals surface area contributed by atoms with Crippen LogP contribution in [-0.4, -0.2) is 29.1 Å². The summed E-state index contributed by atoms with van der Waals surface area (Å²) >= 11 is 1.39. The number of carbonyl (C=O) groups is 1. The van der Waals surface area contributed by atoms with E-state index in [2.05, 4.69) is 25.7 Å². The highest BCUT2D eigenvalue weighted by atomic mass is 32.1. The Hall–Kier alpha value is -0.870. The molecule has 0 amide bonds. The Morgan fingerprint density at radius 3 is 2.68 bits per heavy atom. The molecule has 0 aromatic carbocycles. The Balaban J connectivity index is 2.01. The minimum atomic E-state index is -0.812. The van der Waals surface area contributed by atoms with E-state index in [1.54, 1.807) is 0 Å². The zero-order valence-electron chi connectivity index (χ0n) is 12.2. The van der Waals surface area contributed by atoms with E-state index in [-0.39, 0.29) is 0 Å². The molecule has 1 atom stereocenters. The fraction of sp³-hybridized carbons (Fsp3) is 0.667.